The van der Waals surface area contributed by atoms with Crippen molar-refractivity contribution in [2.24, 2.45) is 0 Å². The third-order valence-corrected chi connectivity index (χ3v) is 3.15. The SMILES string of the molecule is Cc1nc(SCC=CCCl)nc(C)c1C. The molecule has 0 fully saturated rings. The van der Waals surface area contributed by atoms with Gasteiger partial charge in [-0.15, -0.1) is 11.6 Å². The Balaban J connectivity index is 2.66. The van der Waals surface area contributed by atoms with Crippen molar-refractivity contribution in [1.82, 2.24) is 9.97 Å². The first-order valence-corrected chi connectivity index (χ1v) is 6.32. The molecule has 2 nitrogen and oxygen atoms in total. The van der Waals surface area contributed by atoms with E-state index in [1.807, 2.05) is 32.9 Å². The maximum absolute atomic E-state index is 5.53. The van der Waals surface area contributed by atoms with E-state index in [1.165, 1.54) is 5.56 Å². The minimum Gasteiger partial charge on any atom is -0.228 e. The van der Waals surface area contributed by atoms with Gasteiger partial charge >= 0.3 is 0 Å². The number of thioether (sulfide) groups is 1. The topological polar surface area (TPSA) is 25.8 Å². The van der Waals surface area contributed by atoms with E-state index in [0.717, 1.165) is 22.3 Å². The highest BCUT2D eigenvalue weighted by Crippen LogP contribution is 2.16. The van der Waals surface area contributed by atoms with Crippen molar-refractivity contribution in [3.8, 4) is 0 Å². The van der Waals surface area contributed by atoms with Crippen LogP contribution in [-0.4, -0.2) is 21.6 Å². The quantitative estimate of drug-likeness (QED) is 0.351. The summed E-state index contributed by atoms with van der Waals surface area (Å²) in [7, 11) is 0. The summed E-state index contributed by atoms with van der Waals surface area (Å²) >= 11 is 7.16. The number of hydrogen-bond donors (Lipinski definition) is 0. The molecule has 1 rings (SSSR count). The molecular formula is C11H15ClN2S. The molecule has 0 saturated carbocycles. The Hall–Kier alpha value is -0.540. The summed E-state index contributed by atoms with van der Waals surface area (Å²) in [6, 6.07) is 0. The average Bonchev–Trinajstić information content (AvgIpc) is 2.21. The molecule has 0 atom stereocenters. The Labute approximate surface area is 100 Å². The highest BCUT2D eigenvalue weighted by Gasteiger charge is 2.03. The second-order valence-electron chi connectivity index (χ2n) is 3.24. The summed E-state index contributed by atoms with van der Waals surface area (Å²) in [5.41, 5.74) is 3.30. The lowest BCUT2D eigenvalue weighted by Gasteiger charge is -2.05. The van der Waals surface area contributed by atoms with Crippen LogP contribution in [0.5, 0.6) is 0 Å². The van der Waals surface area contributed by atoms with Crippen molar-refractivity contribution in [3.05, 3.63) is 29.1 Å². The van der Waals surface area contributed by atoms with Gasteiger partial charge < -0.3 is 0 Å². The van der Waals surface area contributed by atoms with Gasteiger partial charge in [0.25, 0.3) is 0 Å². The van der Waals surface area contributed by atoms with Crippen LogP contribution in [0.15, 0.2) is 17.3 Å². The fourth-order valence-electron chi connectivity index (χ4n) is 1.06. The van der Waals surface area contributed by atoms with Crippen LogP contribution in [0.3, 0.4) is 0 Å². The van der Waals surface area contributed by atoms with Crippen LogP contribution in [0.2, 0.25) is 0 Å². The molecule has 0 aliphatic heterocycles. The maximum atomic E-state index is 5.53. The number of aromatic nitrogens is 2. The van der Waals surface area contributed by atoms with Gasteiger partial charge in [-0.05, 0) is 26.3 Å². The predicted octanol–water partition coefficient (Wildman–Crippen LogP) is 3.29. The molecule has 0 N–H and O–H groups in total. The first kappa shape index (κ1) is 12.5. The Morgan fingerprint density at radius 3 is 2.27 bits per heavy atom. The first-order chi connectivity index (χ1) is 7.15. The molecule has 0 unspecified atom stereocenters. The fourth-order valence-corrected chi connectivity index (χ4v) is 1.97. The van der Waals surface area contributed by atoms with E-state index in [1.54, 1.807) is 11.8 Å². The summed E-state index contributed by atoms with van der Waals surface area (Å²) < 4.78 is 0. The van der Waals surface area contributed by atoms with Gasteiger partial charge in [0.2, 0.25) is 0 Å². The second kappa shape index (κ2) is 6.13. The third-order valence-electron chi connectivity index (χ3n) is 2.18. The lowest BCUT2D eigenvalue weighted by Crippen LogP contribution is -1.98. The van der Waals surface area contributed by atoms with E-state index in [0.29, 0.717) is 5.88 Å². The molecule has 4 heteroatoms. The van der Waals surface area contributed by atoms with Gasteiger partial charge in [0, 0.05) is 23.0 Å². The summed E-state index contributed by atoms with van der Waals surface area (Å²) in [6.07, 6.45) is 3.97. The minimum atomic E-state index is 0.563. The normalized spacial score (nSPS) is 11.2. The van der Waals surface area contributed by atoms with Gasteiger partial charge in [0.15, 0.2) is 5.16 Å². The van der Waals surface area contributed by atoms with Crippen molar-refractivity contribution >= 4 is 23.4 Å². The molecule has 15 heavy (non-hydrogen) atoms. The molecule has 0 radical (unpaired) electrons. The Morgan fingerprint density at radius 2 is 1.73 bits per heavy atom. The number of nitrogens with zero attached hydrogens (tertiary/aromatic N) is 2. The maximum Gasteiger partial charge on any atom is 0.188 e. The zero-order chi connectivity index (χ0) is 11.3. The van der Waals surface area contributed by atoms with E-state index in [4.69, 9.17) is 11.6 Å². The number of aryl methyl sites for hydroxylation is 2. The van der Waals surface area contributed by atoms with Gasteiger partial charge in [-0.2, -0.15) is 0 Å². The molecule has 0 bridgehead atoms. The minimum absolute atomic E-state index is 0.563. The lowest BCUT2D eigenvalue weighted by molar-refractivity contribution is 0.882. The van der Waals surface area contributed by atoms with Crippen LogP contribution in [0.25, 0.3) is 0 Å². The van der Waals surface area contributed by atoms with Crippen molar-refractivity contribution in [1.29, 1.82) is 0 Å². The van der Waals surface area contributed by atoms with Gasteiger partial charge in [0.1, 0.15) is 0 Å². The van der Waals surface area contributed by atoms with Gasteiger partial charge in [-0.25, -0.2) is 9.97 Å². The molecular weight excluding hydrogens is 228 g/mol. The van der Waals surface area contributed by atoms with Crippen molar-refractivity contribution in [2.75, 3.05) is 11.6 Å². The molecule has 0 aliphatic rings. The smallest absolute Gasteiger partial charge is 0.188 e. The van der Waals surface area contributed by atoms with Crippen molar-refractivity contribution < 1.29 is 0 Å². The Bertz CT molecular complexity index is 341. The summed E-state index contributed by atoms with van der Waals surface area (Å²) in [5.74, 6) is 1.43. The standard InChI is InChI=1S/C11H15ClN2S/c1-8-9(2)13-11(14-10(8)3)15-7-5-4-6-12/h4-5H,6-7H2,1-3H3. The monoisotopic (exact) mass is 242 g/mol. The van der Waals surface area contributed by atoms with E-state index in [2.05, 4.69) is 9.97 Å². The van der Waals surface area contributed by atoms with Crippen molar-refractivity contribution in [2.45, 2.75) is 25.9 Å². The lowest BCUT2D eigenvalue weighted by atomic mass is 10.2. The van der Waals surface area contributed by atoms with E-state index in [-0.39, 0.29) is 0 Å². The van der Waals surface area contributed by atoms with E-state index >= 15 is 0 Å². The highest BCUT2D eigenvalue weighted by molar-refractivity contribution is 7.99. The number of rotatable bonds is 4. The molecule has 0 aliphatic carbocycles. The summed E-state index contributed by atoms with van der Waals surface area (Å²) in [6.45, 7) is 6.08. The van der Waals surface area contributed by atoms with E-state index in [9.17, 15) is 0 Å². The van der Waals surface area contributed by atoms with Crippen molar-refractivity contribution in [3.63, 3.8) is 0 Å². The molecule has 0 spiro atoms. The highest BCUT2D eigenvalue weighted by atomic mass is 35.5. The molecule has 1 aromatic rings. The Kier molecular flexibility index (Phi) is 5.12. The van der Waals surface area contributed by atoms with E-state index < -0.39 is 0 Å². The summed E-state index contributed by atoms with van der Waals surface area (Å²) in [4.78, 5) is 8.83. The molecule has 0 amide bonds. The van der Waals surface area contributed by atoms with Crippen LogP contribution in [0.1, 0.15) is 17.0 Å². The number of hydrogen-bond acceptors (Lipinski definition) is 3. The molecule has 0 aromatic carbocycles. The number of alkyl halides is 1. The van der Waals surface area contributed by atoms with Crippen LogP contribution < -0.4 is 0 Å². The zero-order valence-electron chi connectivity index (χ0n) is 9.25. The first-order valence-electron chi connectivity index (χ1n) is 4.80. The molecule has 1 aromatic heterocycles. The largest absolute Gasteiger partial charge is 0.228 e. The number of allylic oxidation sites excluding steroid dienone is 1. The van der Waals surface area contributed by atoms with Crippen LogP contribution in [0, 0.1) is 20.8 Å². The number of halogens is 1. The predicted molar refractivity (Wildman–Crippen MR) is 66.8 cm³/mol. The van der Waals surface area contributed by atoms with Gasteiger partial charge in [-0.1, -0.05) is 23.9 Å². The molecule has 0 saturated heterocycles. The van der Waals surface area contributed by atoms with Crippen LogP contribution in [-0.2, 0) is 0 Å². The third kappa shape index (κ3) is 3.84. The van der Waals surface area contributed by atoms with Crippen LogP contribution in [0.4, 0.5) is 0 Å². The van der Waals surface area contributed by atoms with Crippen LogP contribution >= 0.6 is 23.4 Å². The Morgan fingerprint density at radius 1 is 1.13 bits per heavy atom. The zero-order valence-corrected chi connectivity index (χ0v) is 10.8. The summed E-state index contributed by atoms with van der Waals surface area (Å²) in [5, 5.41) is 0.842. The second-order valence-corrected chi connectivity index (χ2v) is 4.53. The average molecular weight is 243 g/mol. The molecule has 82 valence electrons. The van der Waals surface area contributed by atoms with Gasteiger partial charge in [0.05, 0.1) is 0 Å². The molecule has 1 heterocycles. The van der Waals surface area contributed by atoms with Gasteiger partial charge in [-0.3, -0.25) is 0 Å². The fraction of sp³-hybridized carbons (Fsp3) is 0.455.